The van der Waals surface area contributed by atoms with E-state index in [0.29, 0.717) is 5.69 Å². The van der Waals surface area contributed by atoms with Crippen LogP contribution in [0, 0.1) is 17.0 Å². The molecule has 0 unspecified atom stereocenters. The predicted octanol–water partition coefficient (Wildman–Crippen LogP) is 2.85. The van der Waals surface area contributed by atoms with Crippen LogP contribution in [0.15, 0.2) is 42.5 Å². The average molecular weight is 300 g/mol. The summed E-state index contributed by atoms with van der Waals surface area (Å²) in [5.41, 5.74) is 0.503. The number of nitro benzene ring substituents is 1. The van der Waals surface area contributed by atoms with Crippen LogP contribution in [0.4, 0.5) is 11.4 Å². The fourth-order valence-corrected chi connectivity index (χ4v) is 1.94. The normalized spacial score (nSPS) is 10.0. The number of nitro groups is 1. The highest BCUT2D eigenvalue weighted by atomic mass is 16.6. The molecule has 2 N–H and O–H groups in total. The first-order valence-corrected chi connectivity index (χ1v) is 6.28. The van der Waals surface area contributed by atoms with Crippen LogP contribution in [-0.4, -0.2) is 21.9 Å². The van der Waals surface area contributed by atoms with E-state index >= 15 is 0 Å². The molecule has 7 nitrogen and oxygen atoms in total. The Kier molecular flexibility index (Phi) is 4.17. The quantitative estimate of drug-likeness (QED) is 0.666. The lowest BCUT2D eigenvalue weighted by atomic mass is 10.1. The van der Waals surface area contributed by atoms with Crippen molar-refractivity contribution in [3.63, 3.8) is 0 Å². The number of non-ortho nitro benzene ring substituents is 1. The molecule has 0 bridgehead atoms. The van der Waals surface area contributed by atoms with Gasteiger partial charge in [-0.25, -0.2) is 4.79 Å². The summed E-state index contributed by atoms with van der Waals surface area (Å²) in [6, 6.07) is 10.1. The molecule has 0 spiro atoms. The first kappa shape index (κ1) is 15.2. The van der Waals surface area contributed by atoms with E-state index in [1.165, 1.54) is 0 Å². The van der Waals surface area contributed by atoms with Gasteiger partial charge in [0.15, 0.2) is 0 Å². The zero-order chi connectivity index (χ0) is 16.3. The van der Waals surface area contributed by atoms with Gasteiger partial charge in [0.2, 0.25) is 0 Å². The molecule has 0 radical (unpaired) electrons. The number of aryl methyl sites for hydroxylation is 1. The summed E-state index contributed by atoms with van der Waals surface area (Å²) >= 11 is 0. The lowest BCUT2D eigenvalue weighted by molar-refractivity contribution is -0.384. The minimum Gasteiger partial charge on any atom is -0.478 e. The second kappa shape index (κ2) is 6.04. The zero-order valence-electron chi connectivity index (χ0n) is 11.6. The summed E-state index contributed by atoms with van der Waals surface area (Å²) in [7, 11) is 0. The number of anilines is 1. The van der Waals surface area contributed by atoms with E-state index in [9.17, 15) is 19.7 Å². The van der Waals surface area contributed by atoms with Crippen molar-refractivity contribution in [2.24, 2.45) is 0 Å². The molecule has 0 saturated heterocycles. The molecule has 0 aliphatic heterocycles. The maximum atomic E-state index is 12.2. The van der Waals surface area contributed by atoms with E-state index in [2.05, 4.69) is 5.32 Å². The molecule has 0 atom stereocenters. The molecular weight excluding hydrogens is 288 g/mol. The first-order valence-electron chi connectivity index (χ1n) is 6.28. The van der Waals surface area contributed by atoms with E-state index in [-0.39, 0.29) is 11.3 Å². The van der Waals surface area contributed by atoms with Crippen LogP contribution in [0.25, 0.3) is 0 Å². The SMILES string of the molecule is Cc1cccc(NC(=O)c2ccc([N+](=O)[O-])cc2C(=O)O)c1. The van der Waals surface area contributed by atoms with Gasteiger partial charge in [0.05, 0.1) is 16.1 Å². The molecule has 22 heavy (non-hydrogen) atoms. The van der Waals surface area contributed by atoms with Gasteiger partial charge >= 0.3 is 5.97 Å². The van der Waals surface area contributed by atoms with Gasteiger partial charge in [-0.1, -0.05) is 12.1 Å². The van der Waals surface area contributed by atoms with Crippen LogP contribution >= 0.6 is 0 Å². The van der Waals surface area contributed by atoms with Crippen molar-refractivity contribution in [3.8, 4) is 0 Å². The van der Waals surface area contributed by atoms with Gasteiger partial charge in [0.1, 0.15) is 0 Å². The lowest BCUT2D eigenvalue weighted by Crippen LogP contribution is -2.16. The number of nitrogens with zero attached hydrogens (tertiary/aromatic N) is 1. The third-order valence-electron chi connectivity index (χ3n) is 2.96. The molecule has 0 heterocycles. The minimum atomic E-state index is -1.40. The predicted molar refractivity (Wildman–Crippen MR) is 79.2 cm³/mol. The maximum absolute atomic E-state index is 12.2. The van der Waals surface area contributed by atoms with Crippen molar-refractivity contribution in [1.29, 1.82) is 0 Å². The number of nitrogens with one attached hydrogen (secondary N) is 1. The molecule has 2 aromatic rings. The Morgan fingerprint density at radius 1 is 1.14 bits per heavy atom. The summed E-state index contributed by atoms with van der Waals surface area (Å²) in [4.78, 5) is 33.4. The molecule has 2 aromatic carbocycles. The van der Waals surface area contributed by atoms with Gasteiger partial charge in [-0.3, -0.25) is 14.9 Å². The number of carboxylic acids is 1. The lowest BCUT2D eigenvalue weighted by Gasteiger charge is -2.08. The van der Waals surface area contributed by atoms with Crippen molar-refractivity contribution in [3.05, 3.63) is 69.3 Å². The summed E-state index contributed by atoms with van der Waals surface area (Å²) in [6.07, 6.45) is 0. The van der Waals surface area contributed by atoms with Gasteiger partial charge in [0.25, 0.3) is 11.6 Å². The second-order valence-electron chi connectivity index (χ2n) is 4.62. The summed E-state index contributed by atoms with van der Waals surface area (Å²) < 4.78 is 0. The number of carboxylic acid groups (broad SMARTS) is 1. The highest BCUT2D eigenvalue weighted by Crippen LogP contribution is 2.20. The number of hydrogen-bond acceptors (Lipinski definition) is 4. The number of benzene rings is 2. The smallest absolute Gasteiger partial charge is 0.336 e. The number of carbonyl (C=O) groups excluding carboxylic acids is 1. The van der Waals surface area contributed by atoms with Gasteiger partial charge in [-0.15, -0.1) is 0 Å². The standard InChI is InChI=1S/C15H12N2O5/c1-9-3-2-4-10(7-9)16-14(18)12-6-5-11(17(21)22)8-13(12)15(19)20/h2-8H,1H3,(H,16,18)(H,19,20). The third-order valence-corrected chi connectivity index (χ3v) is 2.96. The number of amides is 1. The number of aromatic carboxylic acids is 1. The van der Waals surface area contributed by atoms with Gasteiger partial charge in [0, 0.05) is 17.8 Å². The Hall–Kier alpha value is -3.22. The topological polar surface area (TPSA) is 110 Å². The van der Waals surface area contributed by atoms with Crippen molar-refractivity contribution in [1.82, 2.24) is 0 Å². The molecule has 112 valence electrons. The zero-order valence-corrected chi connectivity index (χ0v) is 11.6. The Morgan fingerprint density at radius 2 is 1.86 bits per heavy atom. The molecule has 0 aliphatic carbocycles. The fraction of sp³-hybridized carbons (Fsp3) is 0.0667. The maximum Gasteiger partial charge on any atom is 0.336 e. The third kappa shape index (κ3) is 3.26. The fourth-order valence-electron chi connectivity index (χ4n) is 1.94. The van der Waals surface area contributed by atoms with E-state index < -0.39 is 22.4 Å². The number of hydrogen-bond donors (Lipinski definition) is 2. The highest BCUT2D eigenvalue weighted by molar-refractivity contribution is 6.11. The molecular formula is C15H12N2O5. The molecule has 0 aliphatic rings. The molecule has 2 rings (SSSR count). The Balaban J connectivity index is 2.36. The molecule has 0 fully saturated rings. The van der Waals surface area contributed by atoms with E-state index in [4.69, 9.17) is 5.11 Å². The Morgan fingerprint density at radius 3 is 2.45 bits per heavy atom. The second-order valence-corrected chi connectivity index (χ2v) is 4.62. The van der Waals surface area contributed by atoms with Crippen LogP contribution in [0.3, 0.4) is 0 Å². The highest BCUT2D eigenvalue weighted by Gasteiger charge is 2.20. The molecule has 7 heteroatoms. The van der Waals surface area contributed by atoms with Gasteiger partial charge in [-0.2, -0.15) is 0 Å². The average Bonchev–Trinajstić information content (AvgIpc) is 2.46. The Labute approximate surface area is 125 Å². The van der Waals surface area contributed by atoms with Crippen LogP contribution in [0.2, 0.25) is 0 Å². The summed E-state index contributed by atoms with van der Waals surface area (Å²) in [5.74, 6) is -2.05. The van der Waals surface area contributed by atoms with Gasteiger partial charge < -0.3 is 10.4 Å². The van der Waals surface area contributed by atoms with Crippen molar-refractivity contribution in [2.45, 2.75) is 6.92 Å². The largest absolute Gasteiger partial charge is 0.478 e. The van der Waals surface area contributed by atoms with Crippen LogP contribution < -0.4 is 5.32 Å². The van der Waals surface area contributed by atoms with Crippen molar-refractivity contribution >= 4 is 23.3 Å². The minimum absolute atomic E-state index is 0.139. The van der Waals surface area contributed by atoms with Crippen LogP contribution in [-0.2, 0) is 0 Å². The number of rotatable bonds is 4. The summed E-state index contributed by atoms with van der Waals surface area (Å²) in [5, 5.41) is 22.4. The molecule has 0 saturated carbocycles. The van der Waals surface area contributed by atoms with E-state index in [1.807, 2.05) is 13.0 Å². The van der Waals surface area contributed by atoms with E-state index in [0.717, 1.165) is 23.8 Å². The first-order chi connectivity index (χ1) is 10.4. The van der Waals surface area contributed by atoms with Crippen LogP contribution in [0.1, 0.15) is 26.3 Å². The van der Waals surface area contributed by atoms with E-state index in [1.54, 1.807) is 18.2 Å². The summed E-state index contributed by atoms with van der Waals surface area (Å²) in [6.45, 7) is 1.85. The molecule has 0 aromatic heterocycles. The Bertz CT molecular complexity index is 770. The van der Waals surface area contributed by atoms with Crippen molar-refractivity contribution < 1.29 is 19.6 Å². The van der Waals surface area contributed by atoms with Crippen LogP contribution in [0.5, 0.6) is 0 Å². The monoisotopic (exact) mass is 300 g/mol. The van der Waals surface area contributed by atoms with Crippen molar-refractivity contribution in [2.75, 3.05) is 5.32 Å². The van der Waals surface area contributed by atoms with Gasteiger partial charge in [-0.05, 0) is 30.7 Å². The molecule has 1 amide bonds. The number of carbonyl (C=O) groups is 2.